The molecule has 16 heavy (non-hydrogen) atoms. The lowest BCUT2D eigenvalue weighted by Gasteiger charge is -2.20. The van der Waals surface area contributed by atoms with Crippen molar-refractivity contribution in [2.75, 3.05) is 18.5 Å². The molecule has 0 saturated carbocycles. The predicted molar refractivity (Wildman–Crippen MR) is 62.7 cm³/mol. The Morgan fingerprint density at radius 1 is 1.56 bits per heavy atom. The standard InChI is InChI=1S/C12H16N2O2/c1-8(4-5-13)9-2-3-11-10(6-9)14-12(15)7-16-11/h2-3,6,8H,4-5,7,13H2,1H3,(H,14,15). The minimum Gasteiger partial charge on any atom is -0.482 e. The Balaban J connectivity index is 2.24. The van der Waals surface area contributed by atoms with Crippen molar-refractivity contribution in [1.29, 1.82) is 0 Å². The van der Waals surface area contributed by atoms with E-state index in [1.807, 2.05) is 18.2 Å². The molecule has 0 spiro atoms. The van der Waals surface area contributed by atoms with Gasteiger partial charge in [-0.2, -0.15) is 0 Å². The van der Waals surface area contributed by atoms with Crippen LogP contribution < -0.4 is 15.8 Å². The number of hydrogen-bond donors (Lipinski definition) is 2. The van der Waals surface area contributed by atoms with E-state index < -0.39 is 0 Å². The highest BCUT2D eigenvalue weighted by molar-refractivity contribution is 5.95. The van der Waals surface area contributed by atoms with E-state index in [9.17, 15) is 4.79 Å². The van der Waals surface area contributed by atoms with E-state index in [1.165, 1.54) is 5.56 Å². The highest BCUT2D eigenvalue weighted by Crippen LogP contribution is 2.31. The fourth-order valence-electron chi connectivity index (χ4n) is 1.82. The molecule has 0 aromatic heterocycles. The molecule has 86 valence electrons. The fraction of sp³-hybridized carbons (Fsp3) is 0.417. The van der Waals surface area contributed by atoms with Gasteiger partial charge in [-0.05, 0) is 36.6 Å². The van der Waals surface area contributed by atoms with Gasteiger partial charge < -0.3 is 15.8 Å². The summed E-state index contributed by atoms with van der Waals surface area (Å²) < 4.78 is 5.29. The fourth-order valence-corrected chi connectivity index (χ4v) is 1.82. The third-order valence-electron chi connectivity index (χ3n) is 2.81. The molecule has 1 aromatic carbocycles. The normalized spacial score (nSPS) is 16.0. The summed E-state index contributed by atoms with van der Waals surface area (Å²) in [4.78, 5) is 11.2. The largest absolute Gasteiger partial charge is 0.482 e. The van der Waals surface area contributed by atoms with E-state index in [2.05, 4.69) is 12.2 Å². The molecule has 0 bridgehead atoms. The Labute approximate surface area is 94.8 Å². The van der Waals surface area contributed by atoms with Crippen LogP contribution in [0.3, 0.4) is 0 Å². The maximum atomic E-state index is 11.2. The molecule has 0 aliphatic carbocycles. The number of benzene rings is 1. The number of carbonyl (C=O) groups is 1. The highest BCUT2D eigenvalue weighted by atomic mass is 16.5. The minimum absolute atomic E-state index is 0.101. The summed E-state index contributed by atoms with van der Waals surface area (Å²) in [7, 11) is 0. The average molecular weight is 220 g/mol. The average Bonchev–Trinajstić information content (AvgIpc) is 2.28. The number of nitrogens with two attached hydrogens (primary N) is 1. The maximum absolute atomic E-state index is 11.2. The van der Waals surface area contributed by atoms with Gasteiger partial charge in [-0.25, -0.2) is 0 Å². The monoisotopic (exact) mass is 220 g/mol. The summed E-state index contributed by atoms with van der Waals surface area (Å²) >= 11 is 0. The van der Waals surface area contributed by atoms with Crippen molar-refractivity contribution < 1.29 is 9.53 Å². The lowest BCUT2D eigenvalue weighted by molar-refractivity contribution is -0.118. The molecule has 4 heteroatoms. The lowest BCUT2D eigenvalue weighted by atomic mass is 9.97. The van der Waals surface area contributed by atoms with Gasteiger partial charge in [-0.3, -0.25) is 4.79 Å². The smallest absolute Gasteiger partial charge is 0.262 e. The van der Waals surface area contributed by atoms with E-state index in [0.717, 1.165) is 17.9 Å². The Bertz CT molecular complexity index is 404. The van der Waals surface area contributed by atoms with Gasteiger partial charge in [-0.15, -0.1) is 0 Å². The lowest BCUT2D eigenvalue weighted by Crippen LogP contribution is -2.25. The minimum atomic E-state index is -0.101. The first-order valence-corrected chi connectivity index (χ1v) is 5.47. The topological polar surface area (TPSA) is 64.3 Å². The Morgan fingerprint density at radius 3 is 3.12 bits per heavy atom. The van der Waals surface area contributed by atoms with Crippen LogP contribution in [0, 0.1) is 0 Å². The zero-order chi connectivity index (χ0) is 11.5. The molecule has 0 fully saturated rings. The van der Waals surface area contributed by atoms with E-state index >= 15 is 0 Å². The number of amides is 1. The van der Waals surface area contributed by atoms with Crippen molar-refractivity contribution in [2.45, 2.75) is 19.3 Å². The number of fused-ring (bicyclic) bond motifs is 1. The van der Waals surface area contributed by atoms with Crippen molar-refractivity contribution in [3.8, 4) is 5.75 Å². The Kier molecular flexibility index (Phi) is 3.10. The molecule has 1 unspecified atom stereocenters. The van der Waals surface area contributed by atoms with Gasteiger partial charge in [0.25, 0.3) is 5.91 Å². The molecular formula is C12H16N2O2. The number of anilines is 1. The van der Waals surface area contributed by atoms with E-state index in [4.69, 9.17) is 10.5 Å². The number of ether oxygens (including phenoxy) is 1. The van der Waals surface area contributed by atoms with Gasteiger partial charge in [0.15, 0.2) is 6.61 Å². The zero-order valence-corrected chi connectivity index (χ0v) is 9.32. The molecule has 2 rings (SSSR count). The van der Waals surface area contributed by atoms with Crippen molar-refractivity contribution in [2.24, 2.45) is 5.73 Å². The number of nitrogens with one attached hydrogen (secondary N) is 1. The highest BCUT2D eigenvalue weighted by Gasteiger charge is 2.17. The molecule has 3 N–H and O–H groups in total. The third-order valence-corrected chi connectivity index (χ3v) is 2.81. The molecule has 1 heterocycles. The summed E-state index contributed by atoms with van der Waals surface area (Å²) in [6.07, 6.45) is 0.938. The number of hydrogen-bond acceptors (Lipinski definition) is 3. The molecule has 1 aliphatic rings. The van der Waals surface area contributed by atoms with Crippen molar-refractivity contribution in [3.05, 3.63) is 23.8 Å². The van der Waals surface area contributed by atoms with Crippen LogP contribution in [0.25, 0.3) is 0 Å². The van der Waals surface area contributed by atoms with Crippen molar-refractivity contribution >= 4 is 11.6 Å². The zero-order valence-electron chi connectivity index (χ0n) is 9.32. The van der Waals surface area contributed by atoms with Crippen LogP contribution in [-0.2, 0) is 4.79 Å². The van der Waals surface area contributed by atoms with Gasteiger partial charge >= 0.3 is 0 Å². The third kappa shape index (κ3) is 2.17. The van der Waals surface area contributed by atoms with E-state index in [0.29, 0.717) is 12.5 Å². The van der Waals surface area contributed by atoms with Gasteiger partial charge in [0, 0.05) is 0 Å². The first-order chi connectivity index (χ1) is 7.70. The van der Waals surface area contributed by atoms with Crippen LogP contribution in [0.1, 0.15) is 24.8 Å². The first kappa shape index (κ1) is 11.0. The van der Waals surface area contributed by atoms with E-state index in [-0.39, 0.29) is 12.5 Å². The SMILES string of the molecule is CC(CCN)c1ccc2c(c1)NC(=O)CO2. The molecule has 1 atom stereocenters. The summed E-state index contributed by atoms with van der Waals surface area (Å²) in [5.41, 5.74) is 7.47. The maximum Gasteiger partial charge on any atom is 0.262 e. The van der Waals surface area contributed by atoms with Gasteiger partial charge in [0.2, 0.25) is 0 Å². The van der Waals surface area contributed by atoms with Crippen LogP contribution in [0.15, 0.2) is 18.2 Å². The molecule has 1 amide bonds. The second kappa shape index (κ2) is 4.53. The number of carbonyl (C=O) groups excluding carboxylic acids is 1. The molecule has 0 saturated heterocycles. The summed E-state index contributed by atoms with van der Waals surface area (Å²) in [5, 5.41) is 2.80. The second-order valence-electron chi connectivity index (χ2n) is 4.07. The van der Waals surface area contributed by atoms with Crippen LogP contribution >= 0.6 is 0 Å². The van der Waals surface area contributed by atoms with Gasteiger partial charge in [0.1, 0.15) is 5.75 Å². The Morgan fingerprint density at radius 2 is 2.38 bits per heavy atom. The van der Waals surface area contributed by atoms with Crippen LogP contribution in [0.4, 0.5) is 5.69 Å². The van der Waals surface area contributed by atoms with Crippen LogP contribution in [-0.4, -0.2) is 19.1 Å². The molecular weight excluding hydrogens is 204 g/mol. The van der Waals surface area contributed by atoms with Crippen LogP contribution in [0.2, 0.25) is 0 Å². The molecule has 4 nitrogen and oxygen atoms in total. The summed E-state index contributed by atoms with van der Waals surface area (Å²) in [6.45, 7) is 2.89. The summed E-state index contributed by atoms with van der Waals surface area (Å²) in [5.74, 6) is 1.04. The molecule has 1 aromatic rings. The number of rotatable bonds is 3. The van der Waals surface area contributed by atoms with E-state index in [1.54, 1.807) is 0 Å². The molecule has 1 aliphatic heterocycles. The van der Waals surface area contributed by atoms with Crippen LogP contribution in [0.5, 0.6) is 5.75 Å². The van der Waals surface area contributed by atoms with Crippen molar-refractivity contribution in [1.82, 2.24) is 0 Å². The quantitative estimate of drug-likeness (QED) is 0.810. The molecule has 0 radical (unpaired) electrons. The summed E-state index contributed by atoms with van der Waals surface area (Å²) in [6, 6.07) is 5.89. The van der Waals surface area contributed by atoms with Gasteiger partial charge in [-0.1, -0.05) is 13.0 Å². The van der Waals surface area contributed by atoms with Gasteiger partial charge in [0.05, 0.1) is 5.69 Å². The van der Waals surface area contributed by atoms with Crippen molar-refractivity contribution in [3.63, 3.8) is 0 Å². The Hall–Kier alpha value is -1.55. The first-order valence-electron chi connectivity index (χ1n) is 5.47. The predicted octanol–water partition coefficient (Wildman–Crippen LogP) is 1.47. The second-order valence-corrected chi connectivity index (χ2v) is 4.07.